The molecule has 4 N–H and O–H groups in total. The number of rotatable bonds is 8. The lowest BCUT2D eigenvalue weighted by Gasteiger charge is -2.22. The number of carbonyl (C=O) groups is 1. The number of phenolic OH excluding ortho intramolecular Hbond substituents is 1. The van der Waals surface area contributed by atoms with Crippen LogP contribution in [0.3, 0.4) is 0 Å². The van der Waals surface area contributed by atoms with E-state index in [0.29, 0.717) is 5.56 Å². The van der Waals surface area contributed by atoms with Crippen LogP contribution in [0.25, 0.3) is 0 Å². The molecule has 0 aliphatic heterocycles. The van der Waals surface area contributed by atoms with Crippen LogP contribution in [-0.2, 0) is 4.79 Å². The highest BCUT2D eigenvalue weighted by atomic mass is 19.3. The van der Waals surface area contributed by atoms with Gasteiger partial charge in [-0.2, -0.15) is 0 Å². The van der Waals surface area contributed by atoms with Crippen LogP contribution >= 0.6 is 0 Å². The van der Waals surface area contributed by atoms with E-state index in [1.165, 1.54) is 19.4 Å². The number of nitrogens with two attached hydrogens (primary N) is 1. The van der Waals surface area contributed by atoms with Crippen molar-refractivity contribution >= 4 is 12.2 Å². The van der Waals surface area contributed by atoms with E-state index in [4.69, 9.17) is 15.6 Å². The van der Waals surface area contributed by atoms with Gasteiger partial charge in [-0.3, -0.25) is 4.99 Å². The normalized spacial score (nSPS) is 14.2. The Morgan fingerprint density at radius 1 is 1.55 bits per heavy atom. The Morgan fingerprint density at radius 3 is 2.77 bits per heavy atom. The SMILES string of the molecule is COc1cc(C=NCCCC(N)(C(=O)O)C(F)F)ccc1O. The van der Waals surface area contributed by atoms with Crippen molar-refractivity contribution in [2.45, 2.75) is 24.8 Å². The zero-order chi connectivity index (χ0) is 16.8. The van der Waals surface area contributed by atoms with Gasteiger partial charge in [0, 0.05) is 12.8 Å². The molecule has 0 aliphatic rings. The summed E-state index contributed by atoms with van der Waals surface area (Å²) in [6, 6.07) is 4.60. The predicted octanol–water partition coefficient (Wildman–Crippen LogP) is 1.65. The lowest BCUT2D eigenvalue weighted by atomic mass is 9.95. The average Bonchev–Trinajstić information content (AvgIpc) is 2.47. The monoisotopic (exact) mass is 316 g/mol. The van der Waals surface area contributed by atoms with Crippen LogP contribution in [-0.4, -0.2) is 48.0 Å². The molecule has 0 saturated carbocycles. The maximum Gasteiger partial charge on any atom is 0.329 e. The highest BCUT2D eigenvalue weighted by molar-refractivity contribution is 5.81. The standard InChI is InChI=1S/C14H18F2N2O4/c1-22-11-7-9(3-4-10(11)19)8-18-6-2-5-14(17,12(15)16)13(20)21/h3-4,7-8,12,19H,2,5-6,17H2,1H3,(H,20,21). The third-order valence-corrected chi connectivity index (χ3v) is 3.11. The molecular formula is C14H18F2N2O4. The zero-order valence-electron chi connectivity index (χ0n) is 12.0. The molecule has 0 amide bonds. The van der Waals surface area contributed by atoms with Gasteiger partial charge in [0.15, 0.2) is 17.0 Å². The van der Waals surface area contributed by atoms with Crippen LogP contribution in [0, 0.1) is 0 Å². The third-order valence-electron chi connectivity index (χ3n) is 3.11. The smallest absolute Gasteiger partial charge is 0.329 e. The Hall–Kier alpha value is -2.22. The number of aliphatic carboxylic acids is 1. The van der Waals surface area contributed by atoms with Gasteiger partial charge >= 0.3 is 5.97 Å². The highest BCUT2D eigenvalue weighted by Gasteiger charge is 2.43. The first-order chi connectivity index (χ1) is 10.3. The number of alkyl halides is 2. The van der Waals surface area contributed by atoms with E-state index >= 15 is 0 Å². The number of hydrogen-bond acceptors (Lipinski definition) is 5. The molecule has 0 saturated heterocycles. The molecule has 1 aromatic carbocycles. The van der Waals surface area contributed by atoms with E-state index in [2.05, 4.69) is 4.99 Å². The minimum atomic E-state index is -3.14. The average molecular weight is 316 g/mol. The lowest BCUT2D eigenvalue weighted by molar-refractivity contribution is -0.150. The van der Waals surface area contributed by atoms with Crippen molar-refractivity contribution in [1.29, 1.82) is 0 Å². The fourth-order valence-corrected chi connectivity index (χ4v) is 1.72. The molecule has 0 aromatic heterocycles. The van der Waals surface area contributed by atoms with E-state index < -0.39 is 17.9 Å². The van der Waals surface area contributed by atoms with Gasteiger partial charge in [0.05, 0.1) is 7.11 Å². The van der Waals surface area contributed by atoms with E-state index in [0.717, 1.165) is 0 Å². The van der Waals surface area contributed by atoms with Crippen LogP contribution in [0.5, 0.6) is 11.5 Å². The molecule has 8 heteroatoms. The minimum Gasteiger partial charge on any atom is -0.504 e. The van der Waals surface area contributed by atoms with Crippen LogP contribution in [0.1, 0.15) is 18.4 Å². The number of hydrogen-bond donors (Lipinski definition) is 3. The summed E-state index contributed by atoms with van der Waals surface area (Å²) in [6.07, 6.45) is -1.94. The molecule has 0 spiro atoms. The van der Waals surface area contributed by atoms with Crippen molar-refractivity contribution in [3.05, 3.63) is 23.8 Å². The molecule has 0 bridgehead atoms. The summed E-state index contributed by atoms with van der Waals surface area (Å²) >= 11 is 0. The van der Waals surface area contributed by atoms with Crippen molar-refractivity contribution < 1.29 is 28.5 Å². The molecule has 1 atom stereocenters. The Morgan fingerprint density at radius 2 is 2.23 bits per heavy atom. The summed E-state index contributed by atoms with van der Waals surface area (Å²) in [7, 11) is 1.41. The van der Waals surface area contributed by atoms with Gasteiger partial charge in [-0.1, -0.05) is 0 Å². The maximum atomic E-state index is 12.6. The Balaban J connectivity index is 2.55. The quantitative estimate of drug-likeness (QED) is 0.499. The van der Waals surface area contributed by atoms with Gasteiger partial charge in [-0.05, 0) is 36.6 Å². The summed E-state index contributed by atoms with van der Waals surface area (Å²) in [4.78, 5) is 14.8. The number of phenols is 1. The molecule has 1 aromatic rings. The van der Waals surface area contributed by atoms with E-state index in [1.54, 1.807) is 12.1 Å². The van der Waals surface area contributed by atoms with Gasteiger partial charge in [-0.15, -0.1) is 0 Å². The topological polar surface area (TPSA) is 105 Å². The van der Waals surface area contributed by atoms with E-state index in [-0.39, 0.29) is 30.9 Å². The second-order valence-corrected chi connectivity index (χ2v) is 4.72. The van der Waals surface area contributed by atoms with Gasteiger partial charge in [0.25, 0.3) is 6.43 Å². The van der Waals surface area contributed by atoms with Crippen LogP contribution in [0.4, 0.5) is 8.78 Å². The highest BCUT2D eigenvalue weighted by Crippen LogP contribution is 2.25. The molecule has 0 heterocycles. The van der Waals surface area contributed by atoms with E-state index in [1.807, 2.05) is 0 Å². The van der Waals surface area contributed by atoms with E-state index in [9.17, 15) is 18.7 Å². The number of nitrogens with zero attached hydrogens (tertiary/aromatic N) is 1. The largest absolute Gasteiger partial charge is 0.504 e. The molecule has 0 radical (unpaired) electrons. The Labute approximate surface area is 126 Å². The van der Waals surface area contributed by atoms with Crippen molar-refractivity contribution in [2.24, 2.45) is 10.7 Å². The van der Waals surface area contributed by atoms with Gasteiger partial charge in [0.2, 0.25) is 0 Å². The number of methoxy groups -OCH3 is 1. The number of ether oxygens (including phenoxy) is 1. The number of carboxylic acid groups (broad SMARTS) is 1. The summed E-state index contributed by atoms with van der Waals surface area (Å²) < 4.78 is 30.2. The number of aromatic hydroxyl groups is 1. The zero-order valence-corrected chi connectivity index (χ0v) is 12.0. The maximum absolute atomic E-state index is 12.6. The predicted molar refractivity (Wildman–Crippen MR) is 76.9 cm³/mol. The van der Waals surface area contributed by atoms with Crippen molar-refractivity contribution in [1.82, 2.24) is 0 Å². The fraction of sp³-hybridized carbons (Fsp3) is 0.429. The van der Waals surface area contributed by atoms with Crippen LogP contribution < -0.4 is 10.5 Å². The summed E-state index contributed by atoms with van der Waals surface area (Å²) in [5.41, 5.74) is 3.29. The molecule has 1 rings (SSSR count). The van der Waals surface area contributed by atoms with Gasteiger partial charge < -0.3 is 20.7 Å². The molecule has 122 valence electrons. The summed E-state index contributed by atoms with van der Waals surface area (Å²) in [5, 5.41) is 18.2. The molecule has 0 aliphatic carbocycles. The first-order valence-electron chi connectivity index (χ1n) is 6.48. The van der Waals surface area contributed by atoms with Crippen LogP contribution in [0.2, 0.25) is 0 Å². The molecule has 0 fully saturated rings. The van der Waals surface area contributed by atoms with Gasteiger partial charge in [-0.25, -0.2) is 13.6 Å². The number of halogens is 2. The number of carboxylic acids is 1. The van der Waals surface area contributed by atoms with Crippen molar-refractivity contribution in [2.75, 3.05) is 13.7 Å². The summed E-state index contributed by atoms with van der Waals surface area (Å²) in [5.74, 6) is -1.45. The fourth-order valence-electron chi connectivity index (χ4n) is 1.72. The van der Waals surface area contributed by atoms with Crippen molar-refractivity contribution in [3.8, 4) is 11.5 Å². The van der Waals surface area contributed by atoms with Crippen LogP contribution in [0.15, 0.2) is 23.2 Å². The first kappa shape index (κ1) is 17.8. The Bertz CT molecular complexity index is 552. The third kappa shape index (κ3) is 4.39. The number of aliphatic imine (C=N–C) groups is 1. The molecule has 1 unspecified atom stereocenters. The second kappa shape index (κ2) is 7.69. The van der Waals surface area contributed by atoms with Crippen molar-refractivity contribution in [3.63, 3.8) is 0 Å². The molecule has 6 nitrogen and oxygen atoms in total. The lowest BCUT2D eigenvalue weighted by Crippen LogP contribution is -2.54. The summed E-state index contributed by atoms with van der Waals surface area (Å²) in [6.45, 7) is 0.155. The molecule has 22 heavy (non-hydrogen) atoms. The Kier molecular flexibility index (Phi) is 6.24. The van der Waals surface area contributed by atoms with Gasteiger partial charge in [0.1, 0.15) is 0 Å². The first-order valence-corrected chi connectivity index (χ1v) is 6.48. The second-order valence-electron chi connectivity index (χ2n) is 4.72. The minimum absolute atomic E-state index is 0.00837. The number of benzene rings is 1. The molecular weight excluding hydrogens is 298 g/mol.